The first-order chi connectivity index (χ1) is 7.54. The Balaban J connectivity index is 2.89. The first-order valence-corrected chi connectivity index (χ1v) is 7.77. The van der Waals surface area contributed by atoms with Crippen molar-refractivity contribution in [2.75, 3.05) is 12.5 Å². The summed E-state index contributed by atoms with van der Waals surface area (Å²) in [5.41, 5.74) is 0.819. The highest BCUT2D eigenvalue weighted by Gasteiger charge is 2.15. The molecule has 0 bridgehead atoms. The minimum absolute atomic E-state index is 0.304. The number of benzene rings is 1. The number of hydrogen-bond acceptors (Lipinski definition) is 4. The predicted molar refractivity (Wildman–Crippen MR) is 66.6 cm³/mol. The Morgan fingerprint density at radius 2 is 1.94 bits per heavy atom. The molecule has 5 heteroatoms. The normalized spacial score (nSPS) is 11.9. The zero-order valence-corrected chi connectivity index (χ0v) is 10.6. The van der Waals surface area contributed by atoms with E-state index in [2.05, 4.69) is 4.98 Å². The number of para-hydroxylation sites is 1. The van der Waals surface area contributed by atoms with Gasteiger partial charge in [-0.25, -0.2) is 8.42 Å². The topological polar surface area (TPSA) is 47.0 Å². The average Bonchev–Trinajstić information content (AvgIpc) is 2.26. The Morgan fingerprint density at radius 1 is 1.25 bits per heavy atom. The molecule has 0 aliphatic carbocycles. The second-order valence-corrected chi connectivity index (χ2v) is 6.25. The largest absolute Gasteiger partial charge is 0.255 e. The van der Waals surface area contributed by atoms with Crippen LogP contribution in [-0.2, 0) is 9.84 Å². The van der Waals surface area contributed by atoms with Gasteiger partial charge in [0.1, 0.15) is 0 Å². The Kier molecular flexibility index (Phi) is 2.90. The van der Waals surface area contributed by atoms with Crippen LogP contribution >= 0.6 is 11.8 Å². The fraction of sp³-hybridized carbons (Fsp3) is 0.182. The van der Waals surface area contributed by atoms with Gasteiger partial charge in [-0.2, -0.15) is 0 Å². The summed E-state index contributed by atoms with van der Waals surface area (Å²) in [6, 6.07) is 7.54. The predicted octanol–water partition coefficient (Wildman–Crippen LogP) is 2.36. The second-order valence-electron chi connectivity index (χ2n) is 3.45. The van der Waals surface area contributed by atoms with E-state index in [0.717, 1.165) is 15.8 Å². The first kappa shape index (κ1) is 11.4. The van der Waals surface area contributed by atoms with Gasteiger partial charge in [0.25, 0.3) is 0 Å². The number of rotatable bonds is 2. The van der Waals surface area contributed by atoms with Crippen LogP contribution in [0.1, 0.15) is 0 Å². The van der Waals surface area contributed by atoms with Crippen molar-refractivity contribution in [2.24, 2.45) is 0 Å². The van der Waals surface area contributed by atoms with Crippen LogP contribution in [-0.4, -0.2) is 25.9 Å². The van der Waals surface area contributed by atoms with Gasteiger partial charge in [0.2, 0.25) is 0 Å². The lowest BCUT2D eigenvalue weighted by Gasteiger charge is -2.08. The van der Waals surface area contributed by atoms with E-state index in [1.54, 1.807) is 0 Å². The van der Waals surface area contributed by atoms with Crippen LogP contribution in [0, 0.1) is 0 Å². The summed E-state index contributed by atoms with van der Waals surface area (Å²) in [4.78, 5) is 5.24. The van der Waals surface area contributed by atoms with Crippen molar-refractivity contribution in [1.82, 2.24) is 4.98 Å². The van der Waals surface area contributed by atoms with Crippen molar-refractivity contribution in [1.29, 1.82) is 0 Å². The monoisotopic (exact) mass is 253 g/mol. The number of thioether (sulfide) groups is 1. The van der Waals surface area contributed by atoms with Gasteiger partial charge < -0.3 is 0 Å². The van der Waals surface area contributed by atoms with Crippen molar-refractivity contribution < 1.29 is 8.42 Å². The summed E-state index contributed by atoms with van der Waals surface area (Å²) in [5.74, 6) is 0. The lowest BCUT2D eigenvalue weighted by molar-refractivity contribution is 0.600. The fourth-order valence-corrected chi connectivity index (χ4v) is 3.61. The summed E-state index contributed by atoms with van der Waals surface area (Å²) < 4.78 is 23.2. The van der Waals surface area contributed by atoms with Crippen LogP contribution in [0.3, 0.4) is 0 Å². The molecule has 84 valence electrons. The molecular formula is C11H11NO2S2. The molecule has 1 aromatic heterocycles. The molecule has 3 nitrogen and oxygen atoms in total. The molecule has 0 atom stereocenters. The van der Waals surface area contributed by atoms with E-state index in [0.29, 0.717) is 4.90 Å². The summed E-state index contributed by atoms with van der Waals surface area (Å²) in [5, 5.41) is 0.887. The Bertz CT molecular complexity index is 635. The smallest absolute Gasteiger partial charge is 0.178 e. The third-order valence-corrected chi connectivity index (χ3v) is 4.38. The van der Waals surface area contributed by atoms with Crippen LogP contribution in [0.15, 0.2) is 40.3 Å². The van der Waals surface area contributed by atoms with Crippen molar-refractivity contribution >= 4 is 32.5 Å². The number of fused-ring (bicyclic) bond motifs is 1. The summed E-state index contributed by atoms with van der Waals surface area (Å²) in [6.07, 6.45) is 4.51. The van der Waals surface area contributed by atoms with E-state index >= 15 is 0 Å². The molecule has 1 aromatic carbocycles. The van der Waals surface area contributed by atoms with Gasteiger partial charge in [0, 0.05) is 22.7 Å². The van der Waals surface area contributed by atoms with Gasteiger partial charge in [-0.3, -0.25) is 4.98 Å². The molecule has 0 radical (unpaired) electrons. The first-order valence-electron chi connectivity index (χ1n) is 4.66. The van der Waals surface area contributed by atoms with Gasteiger partial charge in [-0.05, 0) is 12.3 Å². The highest BCUT2D eigenvalue weighted by molar-refractivity contribution is 7.99. The van der Waals surface area contributed by atoms with Gasteiger partial charge >= 0.3 is 0 Å². The molecule has 0 aliphatic rings. The lowest BCUT2D eigenvalue weighted by Crippen LogP contribution is -2.00. The second kappa shape index (κ2) is 4.07. The Hall–Kier alpha value is -1.07. The van der Waals surface area contributed by atoms with Crippen molar-refractivity contribution in [3.8, 4) is 0 Å². The molecule has 2 rings (SSSR count). The van der Waals surface area contributed by atoms with Crippen LogP contribution in [0.4, 0.5) is 0 Å². The van der Waals surface area contributed by atoms with Crippen LogP contribution < -0.4 is 0 Å². The summed E-state index contributed by atoms with van der Waals surface area (Å²) in [6.45, 7) is 0. The third-order valence-electron chi connectivity index (χ3n) is 2.30. The minimum Gasteiger partial charge on any atom is -0.255 e. The Morgan fingerprint density at radius 3 is 2.56 bits per heavy atom. The molecule has 0 saturated heterocycles. The van der Waals surface area contributed by atoms with Crippen molar-refractivity contribution in [3.05, 3.63) is 30.5 Å². The lowest BCUT2D eigenvalue weighted by atomic mass is 10.2. The average molecular weight is 253 g/mol. The standard InChI is InChI=1S/C11H11NO2S2/c1-15-11-8-5-3-4-6-9(8)12-7-10(11)16(2,13)14/h3-7H,1-2H3. The minimum atomic E-state index is -3.22. The quantitative estimate of drug-likeness (QED) is 0.771. The van der Waals surface area contributed by atoms with E-state index in [-0.39, 0.29) is 0 Å². The molecule has 0 spiro atoms. The van der Waals surface area contributed by atoms with E-state index in [1.165, 1.54) is 24.2 Å². The number of hydrogen-bond donors (Lipinski definition) is 0. The summed E-state index contributed by atoms with van der Waals surface area (Å²) in [7, 11) is -3.22. The highest BCUT2D eigenvalue weighted by Crippen LogP contribution is 2.31. The van der Waals surface area contributed by atoms with Gasteiger partial charge in [-0.15, -0.1) is 11.8 Å². The SMILES string of the molecule is CSc1c(S(C)(=O)=O)cnc2ccccc12. The molecule has 0 fully saturated rings. The fourth-order valence-electron chi connectivity index (χ4n) is 1.57. The van der Waals surface area contributed by atoms with Crippen LogP contribution in [0.2, 0.25) is 0 Å². The number of pyridine rings is 1. The van der Waals surface area contributed by atoms with E-state index in [4.69, 9.17) is 0 Å². The van der Waals surface area contributed by atoms with Gasteiger partial charge in [0.15, 0.2) is 9.84 Å². The molecule has 0 N–H and O–H groups in total. The Labute approximate surface area is 98.8 Å². The summed E-state index contributed by atoms with van der Waals surface area (Å²) >= 11 is 1.43. The molecule has 0 aliphatic heterocycles. The molecule has 1 heterocycles. The van der Waals surface area contributed by atoms with E-state index < -0.39 is 9.84 Å². The van der Waals surface area contributed by atoms with Crippen molar-refractivity contribution in [3.63, 3.8) is 0 Å². The van der Waals surface area contributed by atoms with Crippen LogP contribution in [0.25, 0.3) is 10.9 Å². The maximum absolute atomic E-state index is 11.6. The van der Waals surface area contributed by atoms with E-state index in [9.17, 15) is 8.42 Å². The molecule has 2 aromatic rings. The maximum atomic E-state index is 11.6. The number of sulfone groups is 1. The molecule has 0 amide bonds. The zero-order valence-electron chi connectivity index (χ0n) is 8.97. The van der Waals surface area contributed by atoms with Gasteiger partial charge in [-0.1, -0.05) is 18.2 Å². The third kappa shape index (κ3) is 1.92. The molecule has 16 heavy (non-hydrogen) atoms. The highest BCUT2D eigenvalue weighted by atomic mass is 32.2. The zero-order chi connectivity index (χ0) is 11.8. The molecular weight excluding hydrogens is 242 g/mol. The molecule has 0 unspecified atom stereocenters. The number of nitrogens with zero attached hydrogens (tertiary/aromatic N) is 1. The van der Waals surface area contributed by atoms with Crippen molar-refractivity contribution in [2.45, 2.75) is 9.79 Å². The number of aromatic nitrogens is 1. The molecule has 0 saturated carbocycles. The van der Waals surface area contributed by atoms with Crippen LogP contribution in [0.5, 0.6) is 0 Å². The van der Waals surface area contributed by atoms with Gasteiger partial charge in [0.05, 0.1) is 10.4 Å². The maximum Gasteiger partial charge on any atom is 0.178 e. The van der Waals surface area contributed by atoms with E-state index in [1.807, 2.05) is 30.5 Å².